The minimum Gasteiger partial charge on any atom is -0.469 e. The molecule has 4 N–H and O–H groups in total. The third-order valence-electron chi connectivity index (χ3n) is 5.81. The summed E-state index contributed by atoms with van der Waals surface area (Å²) >= 11 is 0. The molecule has 5 rings (SSSR count). The number of halogens is 1. The van der Waals surface area contributed by atoms with Crippen molar-refractivity contribution in [2.24, 2.45) is 10.1 Å². The Balaban J connectivity index is 0.00000289. The van der Waals surface area contributed by atoms with Crippen molar-refractivity contribution in [3.05, 3.63) is 54.0 Å². The number of rotatable bonds is 8. The van der Waals surface area contributed by atoms with Gasteiger partial charge in [0.15, 0.2) is 5.96 Å². The number of hydrogen-bond acceptors (Lipinski definition) is 6. The number of sulfonamides is 1. The van der Waals surface area contributed by atoms with Crippen LogP contribution in [-0.2, 0) is 23.0 Å². The highest BCUT2D eigenvalue weighted by molar-refractivity contribution is 14.0. The van der Waals surface area contributed by atoms with Gasteiger partial charge < -0.3 is 15.1 Å². The second-order valence-corrected chi connectivity index (χ2v) is 9.54. The van der Waals surface area contributed by atoms with Crippen LogP contribution in [0.2, 0.25) is 0 Å². The molecule has 1 aromatic heterocycles. The minimum absolute atomic E-state index is 0. The summed E-state index contributed by atoms with van der Waals surface area (Å²) < 4.78 is 28.3. The van der Waals surface area contributed by atoms with E-state index in [0.29, 0.717) is 19.1 Å². The molecule has 0 saturated carbocycles. The summed E-state index contributed by atoms with van der Waals surface area (Å²) in [5, 5.41) is 12.0. The first-order chi connectivity index (χ1) is 15.0. The number of guanidine groups is 1. The molecule has 3 fully saturated rings. The lowest BCUT2D eigenvalue weighted by Crippen LogP contribution is -2.63. The number of primary sulfonamides is 1. The number of nitrogens with one attached hydrogen (secondary N) is 2. The summed E-state index contributed by atoms with van der Waals surface area (Å²) in [5.74, 6) is 1.66. The van der Waals surface area contributed by atoms with E-state index in [0.717, 1.165) is 63.0 Å². The highest BCUT2D eigenvalue weighted by atomic mass is 127. The molecular formula is C21H31IN6O3S. The van der Waals surface area contributed by atoms with Crippen LogP contribution in [0, 0.1) is 0 Å². The van der Waals surface area contributed by atoms with Gasteiger partial charge in [-0.25, -0.2) is 18.5 Å². The highest BCUT2D eigenvalue weighted by Gasteiger charge is 2.31. The number of nitrogens with zero attached hydrogens (tertiary/aromatic N) is 3. The summed E-state index contributed by atoms with van der Waals surface area (Å²) in [6.07, 6.45) is 2.44. The normalized spacial score (nSPS) is 22.9. The topological polar surface area (TPSA) is 116 Å². The predicted molar refractivity (Wildman–Crippen MR) is 135 cm³/mol. The zero-order valence-electron chi connectivity index (χ0n) is 17.9. The maximum atomic E-state index is 11.4. The van der Waals surface area contributed by atoms with Crippen molar-refractivity contribution in [3.8, 4) is 0 Å². The van der Waals surface area contributed by atoms with Crippen LogP contribution < -0.4 is 15.8 Å². The fourth-order valence-electron chi connectivity index (χ4n) is 4.02. The average Bonchev–Trinajstić information content (AvgIpc) is 3.29. The van der Waals surface area contributed by atoms with Crippen molar-refractivity contribution in [1.29, 1.82) is 0 Å². The summed E-state index contributed by atoms with van der Waals surface area (Å²) in [7, 11) is -3.69. The molecule has 2 aromatic rings. The molecule has 3 aliphatic heterocycles. The predicted octanol–water partition coefficient (Wildman–Crippen LogP) is 0.823. The molecule has 0 aliphatic carbocycles. The van der Waals surface area contributed by atoms with E-state index in [1.165, 1.54) is 12.1 Å². The summed E-state index contributed by atoms with van der Waals surface area (Å²) in [5.41, 5.74) is 0.908. The summed E-state index contributed by atoms with van der Waals surface area (Å²) in [6, 6.07) is 10.8. The van der Waals surface area contributed by atoms with Gasteiger partial charge in [0.1, 0.15) is 5.76 Å². The van der Waals surface area contributed by atoms with Crippen molar-refractivity contribution in [2.75, 3.05) is 45.8 Å². The largest absolute Gasteiger partial charge is 0.469 e. The molecular weight excluding hydrogens is 543 g/mol. The highest BCUT2D eigenvalue weighted by Crippen LogP contribution is 2.15. The van der Waals surface area contributed by atoms with Gasteiger partial charge in [0.05, 0.1) is 17.7 Å². The Hall–Kier alpha value is -1.67. The fraction of sp³-hybridized carbons (Fsp3) is 0.476. The fourth-order valence-corrected chi connectivity index (χ4v) is 4.54. The smallest absolute Gasteiger partial charge is 0.238 e. The van der Waals surface area contributed by atoms with Gasteiger partial charge in [-0.1, -0.05) is 12.1 Å². The van der Waals surface area contributed by atoms with Gasteiger partial charge in [-0.3, -0.25) is 9.80 Å². The second kappa shape index (κ2) is 11.5. The average molecular weight is 574 g/mol. The van der Waals surface area contributed by atoms with Gasteiger partial charge in [-0.15, -0.1) is 24.0 Å². The molecule has 1 aromatic carbocycles. The molecule has 2 bridgehead atoms. The number of piperazine rings is 3. The van der Waals surface area contributed by atoms with Crippen molar-refractivity contribution in [2.45, 2.75) is 23.9 Å². The number of hydrogen-bond donors (Lipinski definition) is 3. The molecule has 9 nitrogen and oxygen atoms in total. The molecule has 176 valence electrons. The Morgan fingerprint density at radius 2 is 1.88 bits per heavy atom. The summed E-state index contributed by atoms with van der Waals surface area (Å²) in [6.45, 7) is 7.61. The van der Waals surface area contributed by atoms with Gasteiger partial charge in [0, 0.05) is 58.3 Å². The lowest BCUT2D eigenvalue weighted by atomic mass is 10.1. The van der Waals surface area contributed by atoms with E-state index in [2.05, 4.69) is 20.4 Å². The SMILES string of the molecule is I.NS(=O)(=O)c1ccc(CN=C(NCCc2ccco2)NCC2CN3CCN2CC3)cc1. The van der Waals surface area contributed by atoms with E-state index in [-0.39, 0.29) is 28.9 Å². The molecule has 0 amide bonds. The molecule has 4 heterocycles. The second-order valence-electron chi connectivity index (χ2n) is 7.98. The van der Waals surface area contributed by atoms with Crippen LogP contribution in [0.25, 0.3) is 0 Å². The van der Waals surface area contributed by atoms with Gasteiger partial charge >= 0.3 is 0 Å². The lowest BCUT2D eigenvalue weighted by Gasteiger charge is -2.47. The molecule has 1 atom stereocenters. The molecule has 11 heteroatoms. The third kappa shape index (κ3) is 6.91. The standard InChI is InChI=1S/C21H30N6O3S.HI/c22-31(28,29)20-5-3-17(4-6-20)14-24-21(23-8-7-19-2-1-13-30-19)25-15-18-16-26-9-11-27(18)12-10-26;/h1-6,13,18H,7-12,14-16H2,(H2,22,28,29)(H2,23,24,25);1H. The number of aliphatic imine (C=N–C) groups is 1. The van der Waals surface area contributed by atoms with Gasteiger partial charge in [0.2, 0.25) is 10.0 Å². The van der Waals surface area contributed by atoms with Crippen LogP contribution in [0.1, 0.15) is 11.3 Å². The van der Waals surface area contributed by atoms with E-state index in [9.17, 15) is 8.42 Å². The zero-order chi connectivity index (χ0) is 21.7. The van der Waals surface area contributed by atoms with Gasteiger partial charge in [0.25, 0.3) is 0 Å². The Labute approximate surface area is 206 Å². The minimum atomic E-state index is -3.69. The number of nitrogens with two attached hydrogens (primary N) is 1. The number of furan rings is 1. The van der Waals surface area contributed by atoms with Crippen LogP contribution in [0.5, 0.6) is 0 Å². The first-order valence-electron chi connectivity index (χ1n) is 10.6. The molecule has 0 spiro atoms. The van der Waals surface area contributed by atoms with E-state index in [4.69, 9.17) is 14.5 Å². The Kier molecular flexibility index (Phi) is 8.94. The Morgan fingerprint density at radius 1 is 1.12 bits per heavy atom. The molecule has 32 heavy (non-hydrogen) atoms. The van der Waals surface area contributed by atoms with Crippen LogP contribution in [-0.4, -0.2) is 76.0 Å². The van der Waals surface area contributed by atoms with Crippen molar-refractivity contribution in [3.63, 3.8) is 0 Å². The van der Waals surface area contributed by atoms with Gasteiger partial charge in [-0.2, -0.15) is 0 Å². The molecule has 0 radical (unpaired) electrons. The van der Waals surface area contributed by atoms with Crippen LogP contribution in [0.3, 0.4) is 0 Å². The van der Waals surface area contributed by atoms with E-state index >= 15 is 0 Å². The van der Waals surface area contributed by atoms with Crippen molar-refractivity contribution < 1.29 is 12.8 Å². The maximum absolute atomic E-state index is 11.4. The van der Waals surface area contributed by atoms with E-state index < -0.39 is 10.0 Å². The monoisotopic (exact) mass is 574 g/mol. The Morgan fingerprint density at radius 3 is 2.47 bits per heavy atom. The van der Waals surface area contributed by atoms with Crippen molar-refractivity contribution in [1.82, 2.24) is 20.4 Å². The Bertz CT molecular complexity index is 973. The molecule has 1 unspecified atom stereocenters. The molecule has 3 aliphatic rings. The number of benzene rings is 1. The van der Waals surface area contributed by atoms with Crippen LogP contribution in [0.4, 0.5) is 0 Å². The first kappa shape index (κ1) is 25.0. The molecule has 3 saturated heterocycles. The summed E-state index contributed by atoms with van der Waals surface area (Å²) in [4.78, 5) is 9.86. The number of fused-ring (bicyclic) bond motifs is 3. The lowest BCUT2D eigenvalue weighted by molar-refractivity contribution is 0.0154. The van der Waals surface area contributed by atoms with E-state index in [1.807, 2.05) is 12.1 Å². The van der Waals surface area contributed by atoms with Crippen LogP contribution in [0.15, 0.2) is 57.0 Å². The zero-order valence-corrected chi connectivity index (χ0v) is 21.1. The van der Waals surface area contributed by atoms with Crippen molar-refractivity contribution >= 4 is 40.0 Å². The van der Waals surface area contributed by atoms with E-state index in [1.54, 1.807) is 18.4 Å². The maximum Gasteiger partial charge on any atom is 0.238 e. The quantitative estimate of drug-likeness (QED) is 0.243. The third-order valence-corrected chi connectivity index (χ3v) is 6.74. The van der Waals surface area contributed by atoms with Gasteiger partial charge in [-0.05, 0) is 29.8 Å². The van der Waals surface area contributed by atoms with Crippen LogP contribution >= 0.6 is 24.0 Å². The first-order valence-corrected chi connectivity index (χ1v) is 12.1.